The SMILES string of the molecule is Cc1cccc2c1CCN(CC1C=COC1)C2. The number of hydrogen-bond acceptors (Lipinski definition) is 2. The molecule has 0 saturated heterocycles. The molecule has 1 unspecified atom stereocenters. The predicted molar refractivity (Wildman–Crippen MR) is 68.7 cm³/mol. The molecule has 0 bridgehead atoms. The van der Waals surface area contributed by atoms with Gasteiger partial charge in [0.25, 0.3) is 0 Å². The van der Waals surface area contributed by atoms with E-state index in [0.29, 0.717) is 5.92 Å². The van der Waals surface area contributed by atoms with E-state index >= 15 is 0 Å². The van der Waals surface area contributed by atoms with Crippen LogP contribution in [0.1, 0.15) is 16.7 Å². The van der Waals surface area contributed by atoms with Gasteiger partial charge in [-0.25, -0.2) is 0 Å². The second kappa shape index (κ2) is 4.53. The monoisotopic (exact) mass is 229 g/mol. The number of hydrogen-bond donors (Lipinski definition) is 0. The van der Waals surface area contributed by atoms with Crippen molar-refractivity contribution < 1.29 is 4.74 Å². The normalized spacial score (nSPS) is 23.5. The van der Waals surface area contributed by atoms with Gasteiger partial charge < -0.3 is 4.74 Å². The van der Waals surface area contributed by atoms with Gasteiger partial charge >= 0.3 is 0 Å². The van der Waals surface area contributed by atoms with Crippen molar-refractivity contribution in [1.82, 2.24) is 4.90 Å². The van der Waals surface area contributed by atoms with Crippen LogP contribution in [0.15, 0.2) is 30.5 Å². The summed E-state index contributed by atoms with van der Waals surface area (Å²) in [6, 6.07) is 6.67. The van der Waals surface area contributed by atoms with Crippen molar-refractivity contribution in [3.05, 3.63) is 47.2 Å². The minimum Gasteiger partial charge on any atom is -0.501 e. The van der Waals surface area contributed by atoms with Crippen LogP contribution < -0.4 is 0 Å². The van der Waals surface area contributed by atoms with Crippen LogP contribution in [0.5, 0.6) is 0 Å². The van der Waals surface area contributed by atoms with Gasteiger partial charge in [-0.1, -0.05) is 18.2 Å². The number of rotatable bonds is 2. The van der Waals surface area contributed by atoms with Crippen molar-refractivity contribution in [3.8, 4) is 0 Å². The Bertz CT molecular complexity index is 439. The minimum absolute atomic E-state index is 0.585. The van der Waals surface area contributed by atoms with Crippen molar-refractivity contribution in [2.75, 3.05) is 19.7 Å². The number of benzene rings is 1. The number of fused-ring (bicyclic) bond motifs is 1. The Morgan fingerprint density at radius 2 is 2.35 bits per heavy atom. The standard InChI is InChI=1S/C15H19NO/c1-12-3-2-4-14-10-16(7-5-15(12)14)9-13-6-8-17-11-13/h2-4,6,8,13H,5,7,9-11H2,1H3. The first kappa shape index (κ1) is 10.8. The number of aryl methyl sites for hydroxylation is 1. The van der Waals surface area contributed by atoms with Gasteiger partial charge in [-0.15, -0.1) is 0 Å². The fraction of sp³-hybridized carbons (Fsp3) is 0.467. The van der Waals surface area contributed by atoms with Crippen LogP contribution in [-0.2, 0) is 17.7 Å². The Morgan fingerprint density at radius 1 is 1.41 bits per heavy atom. The fourth-order valence-corrected chi connectivity index (χ4v) is 2.86. The molecule has 1 atom stereocenters. The van der Waals surface area contributed by atoms with Crippen LogP contribution >= 0.6 is 0 Å². The molecule has 17 heavy (non-hydrogen) atoms. The van der Waals surface area contributed by atoms with Crippen LogP contribution in [0, 0.1) is 12.8 Å². The van der Waals surface area contributed by atoms with E-state index < -0.39 is 0 Å². The van der Waals surface area contributed by atoms with Gasteiger partial charge in [-0.2, -0.15) is 0 Å². The maximum Gasteiger partial charge on any atom is 0.0949 e. The number of ether oxygens (including phenoxy) is 1. The highest BCUT2D eigenvalue weighted by molar-refractivity contribution is 5.36. The molecule has 2 nitrogen and oxygen atoms in total. The van der Waals surface area contributed by atoms with Crippen LogP contribution in [0.25, 0.3) is 0 Å². The van der Waals surface area contributed by atoms with E-state index in [-0.39, 0.29) is 0 Å². The smallest absolute Gasteiger partial charge is 0.0949 e. The van der Waals surface area contributed by atoms with E-state index in [1.54, 1.807) is 5.56 Å². The van der Waals surface area contributed by atoms with Gasteiger partial charge in [0.2, 0.25) is 0 Å². The molecule has 2 heterocycles. The lowest BCUT2D eigenvalue weighted by molar-refractivity contribution is 0.185. The van der Waals surface area contributed by atoms with Crippen LogP contribution in [0.4, 0.5) is 0 Å². The van der Waals surface area contributed by atoms with Crippen LogP contribution in [0.2, 0.25) is 0 Å². The summed E-state index contributed by atoms with van der Waals surface area (Å²) in [6.45, 7) is 6.49. The molecule has 1 aromatic rings. The molecule has 2 heteroatoms. The van der Waals surface area contributed by atoms with Crippen molar-refractivity contribution in [2.24, 2.45) is 5.92 Å². The molecule has 90 valence electrons. The first-order valence-corrected chi connectivity index (χ1v) is 6.41. The second-order valence-corrected chi connectivity index (χ2v) is 5.12. The van der Waals surface area contributed by atoms with Crippen molar-refractivity contribution >= 4 is 0 Å². The van der Waals surface area contributed by atoms with Crippen molar-refractivity contribution in [2.45, 2.75) is 19.9 Å². The molecular weight excluding hydrogens is 210 g/mol. The molecule has 0 aliphatic carbocycles. The first-order valence-electron chi connectivity index (χ1n) is 6.41. The van der Waals surface area contributed by atoms with Crippen molar-refractivity contribution in [1.29, 1.82) is 0 Å². The molecule has 2 aliphatic heterocycles. The van der Waals surface area contributed by atoms with Crippen LogP contribution in [0.3, 0.4) is 0 Å². The van der Waals surface area contributed by atoms with Crippen molar-refractivity contribution in [3.63, 3.8) is 0 Å². The Hall–Kier alpha value is -1.28. The Labute approximate surface area is 103 Å². The highest BCUT2D eigenvalue weighted by Crippen LogP contribution is 2.23. The topological polar surface area (TPSA) is 12.5 Å². The molecule has 0 fully saturated rings. The molecule has 3 rings (SSSR count). The third kappa shape index (κ3) is 2.22. The quantitative estimate of drug-likeness (QED) is 0.772. The lowest BCUT2D eigenvalue weighted by Crippen LogP contribution is -2.34. The molecule has 0 spiro atoms. The van der Waals surface area contributed by atoms with Gasteiger partial charge in [-0.3, -0.25) is 4.90 Å². The molecule has 0 amide bonds. The summed E-state index contributed by atoms with van der Waals surface area (Å²) >= 11 is 0. The summed E-state index contributed by atoms with van der Waals surface area (Å²) in [4.78, 5) is 2.55. The fourth-order valence-electron chi connectivity index (χ4n) is 2.86. The Balaban J connectivity index is 1.70. The summed E-state index contributed by atoms with van der Waals surface area (Å²) < 4.78 is 5.28. The first-order chi connectivity index (χ1) is 8.33. The average molecular weight is 229 g/mol. The third-order valence-electron chi connectivity index (χ3n) is 3.83. The maximum absolute atomic E-state index is 5.28. The zero-order valence-electron chi connectivity index (χ0n) is 10.4. The summed E-state index contributed by atoms with van der Waals surface area (Å²) in [7, 11) is 0. The Morgan fingerprint density at radius 3 is 3.18 bits per heavy atom. The highest BCUT2D eigenvalue weighted by atomic mass is 16.5. The lowest BCUT2D eigenvalue weighted by atomic mass is 9.95. The van der Waals surface area contributed by atoms with E-state index in [0.717, 1.165) is 19.7 Å². The van der Waals surface area contributed by atoms with E-state index in [2.05, 4.69) is 36.1 Å². The van der Waals surface area contributed by atoms with E-state index in [1.807, 2.05) is 6.26 Å². The third-order valence-corrected chi connectivity index (χ3v) is 3.83. The molecule has 0 radical (unpaired) electrons. The highest BCUT2D eigenvalue weighted by Gasteiger charge is 2.20. The molecule has 2 aliphatic rings. The van der Waals surface area contributed by atoms with Gasteiger partial charge in [0.15, 0.2) is 0 Å². The molecular formula is C15H19NO. The molecule has 0 N–H and O–H groups in total. The largest absolute Gasteiger partial charge is 0.501 e. The summed E-state index contributed by atoms with van der Waals surface area (Å²) in [5.74, 6) is 0.585. The lowest BCUT2D eigenvalue weighted by Gasteiger charge is -2.30. The number of nitrogens with zero attached hydrogens (tertiary/aromatic N) is 1. The average Bonchev–Trinajstić information content (AvgIpc) is 2.82. The maximum atomic E-state index is 5.28. The molecule has 0 aromatic heterocycles. The van der Waals surface area contributed by atoms with Gasteiger partial charge in [-0.05, 0) is 36.1 Å². The Kier molecular flexibility index (Phi) is 2.89. The van der Waals surface area contributed by atoms with Crippen LogP contribution in [-0.4, -0.2) is 24.6 Å². The zero-order valence-corrected chi connectivity index (χ0v) is 10.4. The van der Waals surface area contributed by atoms with Gasteiger partial charge in [0.05, 0.1) is 12.9 Å². The predicted octanol–water partition coefficient (Wildman–Crippen LogP) is 2.51. The van der Waals surface area contributed by atoms with E-state index in [4.69, 9.17) is 4.74 Å². The minimum atomic E-state index is 0.585. The summed E-state index contributed by atoms with van der Waals surface area (Å²) in [6.07, 6.45) is 5.22. The van der Waals surface area contributed by atoms with E-state index in [1.165, 1.54) is 24.1 Å². The van der Waals surface area contributed by atoms with Gasteiger partial charge in [0.1, 0.15) is 0 Å². The summed E-state index contributed by atoms with van der Waals surface area (Å²) in [5.41, 5.74) is 4.53. The zero-order chi connectivity index (χ0) is 11.7. The summed E-state index contributed by atoms with van der Waals surface area (Å²) in [5, 5.41) is 0. The van der Waals surface area contributed by atoms with E-state index in [9.17, 15) is 0 Å². The molecule has 1 aromatic carbocycles. The second-order valence-electron chi connectivity index (χ2n) is 5.12. The molecule has 0 saturated carbocycles. The van der Waals surface area contributed by atoms with Gasteiger partial charge in [0, 0.05) is 25.6 Å².